The topological polar surface area (TPSA) is 90.2 Å². The Morgan fingerprint density at radius 1 is 0.353 bits per heavy atom. The average molecular weight is 670 g/mol. The van der Waals surface area contributed by atoms with Crippen molar-refractivity contribution in [3.8, 4) is 22.8 Å². The first-order chi connectivity index (χ1) is 25.2. The molecule has 0 fully saturated rings. The number of fused-ring (bicyclic) bond motifs is 12. The molecule has 11 rings (SSSR count). The van der Waals surface area contributed by atoms with Crippen LogP contribution in [0, 0.1) is 0 Å². The molecule has 0 atom stereocenters. The van der Waals surface area contributed by atoms with Gasteiger partial charge in [-0.05, 0) is 66.0 Å². The van der Waals surface area contributed by atoms with Crippen LogP contribution < -0.4 is 0 Å². The lowest BCUT2D eigenvalue weighted by atomic mass is 10.0. The highest BCUT2D eigenvalue weighted by Gasteiger charge is 2.13. The van der Waals surface area contributed by atoms with Crippen molar-refractivity contribution in [2.45, 2.75) is 0 Å². The molecule has 0 N–H and O–H groups in total. The summed E-state index contributed by atoms with van der Waals surface area (Å²) >= 11 is 1.77. The molecule has 8 heteroatoms. The Balaban J connectivity index is 1.36. The summed E-state index contributed by atoms with van der Waals surface area (Å²) in [5.41, 5.74) is 5.18. The van der Waals surface area contributed by atoms with Crippen molar-refractivity contribution < 1.29 is 0 Å². The van der Waals surface area contributed by atoms with Gasteiger partial charge in [-0.2, -0.15) is 0 Å². The molecule has 11 aromatic rings. The lowest BCUT2D eigenvalue weighted by Crippen LogP contribution is -1.95. The molecule has 7 nitrogen and oxygen atoms in total. The number of thiophene rings is 1. The third kappa shape index (κ3) is 4.61. The molecule has 0 amide bonds. The molecule has 0 saturated carbocycles. The monoisotopic (exact) mass is 669 g/mol. The number of hydrogen-bond acceptors (Lipinski definition) is 8. The van der Waals surface area contributed by atoms with Crippen molar-refractivity contribution in [2.24, 2.45) is 0 Å². The Labute approximate surface area is 293 Å². The molecule has 0 aliphatic carbocycles. The van der Waals surface area contributed by atoms with E-state index in [0.29, 0.717) is 34.2 Å². The fourth-order valence-electron chi connectivity index (χ4n) is 6.94. The molecular formula is C43H23N7S. The number of aromatic nitrogens is 7. The molecule has 236 valence electrons. The molecule has 0 radical (unpaired) electrons. The summed E-state index contributed by atoms with van der Waals surface area (Å²) < 4.78 is 2.37. The quantitative estimate of drug-likeness (QED) is 0.169. The second-order valence-electron chi connectivity index (χ2n) is 12.7. The predicted octanol–water partition coefficient (Wildman–Crippen LogP) is 10.6. The van der Waals surface area contributed by atoms with Crippen molar-refractivity contribution >= 4 is 97.3 Å². The number of benzene rings is 6. The van der Waals surface area contributed by atoms with Crippen LogP contribution in [0.15, 0.2) is 140 Å². The van der Waals surface area contributed by atoms with Gasteiger partial charge in [0.15, 0.2) is 34.2 Å². The van der Waals surface area contributed by atoms with Crippen LogP contribution in [0.4, 0.5) is 0 Å². The minimum Gasteiger partial charge on any atom is -0.256 e. The number of nitrogens with zero attached hydrogens (tertiary/aromatic N) is 7. The van der Waals surface area contributed by atoms with E-state index in [1.54, 1.807) is 11.3 Å². The zero-order chi connectivity index (χ0) is 33.5. The second kappa shape index (κ2) is 10.9. The fourth-order valence-corrected chi connectivity index (χ4v) is 8.01. The Kier molecular flexibility index (Phi) is 5.99. The molecule has 12 bridgehead atoms. The van der Waals surface area contributed by atoms with E-state index in [4.69, 9.17) is 34.9 Å². The van der Waals surface area contributed by atoms with Crippen LogP contribution in [-0.2, 0) is 0 Å². The summed E-state index contributed by atoms with van der Waals surface area (Å²) in [5, 5.41) is 8.91. The first kappa shape index (κ1) is 28.1. The predicted molar refractivity (Wildman–Crippen MR) is 209 cm³/mol. The molecule has 5 heterocycles. The SMILES string of the molecule is c1ccc(-c2nc3nc(n2)c2ccc4sc5ccc(cc5c4c2)c2nc(-c4ccccc4)nc(n2)c2ccc4ncc5ccc3cc5c4c2)cc1. The number of rotatable bonds is 2. The summed E-state index contributed by atoms with van der Waals surface area (Å²) in [6.45, 7) is 0. The van der Waals surface area contributed by atoms with Crippen LogP contribution >= 0.6 is 11.3 Å². The van der Waals surface area contributed by atoms with Crippen LogP contribution in [0.5, 0.6) is 0 Å². The van der Waals surface area contributed by atoms with Crippen molar-refractivity contribution in [3.05, 3.63) is 140 Å². The lowest BCUT2D eigenvalue weighted by molar-refractivity contribution is 1.18. The molecular weight excluding hydrogens is 647 g/mol. The van der Waals surface area contributed by atoms with E-state index in [-0.39, 0.29) is 0 Å². The van der Waals surface area contributed by atoms with E-state index < -0.39 is 0 Å². The number of hydrogen-bond donors (Lipinski definition) is 0. The molecule has 6 aromatic carbocycles. The summed E-state index contributed by atoms with van der Waals surface area (Å²) in [6, 6.07) is 45.6. The first-order valence-electron chi connectivity index (χ1n) is 16.6. The van der Waals surface area contributed by atoms with Gasteiger partial charge in [-0.15, -0.1) is 11.3 Å². The lowest BCUT2D eigenvalue weighted by Gasteiger charge is -2.07. The van der Waals surface area contributed by atoms with E-state index in [2.05, 4.69) is 60.7 Å². The van der Waals surface area contributed by atoms with Gasteiger partial charge in [0.2, 0.25) is 0 Å². The summed E-state index contributed by atoms with van der Waals surface area (Å²) in [4.78, 5) is 35.2. The maximum atomic E-state index is 5.11. The third-order valence-corrected chi connectivity index (χ3v) is 10.7. The van der Waals surface area contributed by atoms with Gasteiger partial charge in [0.1, 0.15) is 0 Å². The van der Waals surface area contributed by atoms with Crippen molar-refractivity contribution in [3.63, 3.8) is 0 Å². The Bertz CT molecular complexity index is 3040. The smallest absolute Gasteiger partial charge is 0.164 e. The highest BCUT2D eigenvalue weighted by molar-refractivity contribution is 7.25. The molecule has 0 saturated heterocycles. The minimum atomic E-state index is 0.599. The molecule has 0 aliphatic heterocycles. The molecule has 0 aliphatic rings. The maximum absolute atomic E-state index is 5.11. The van der Waals surface area contributed by atoms with E-state index in [1.165, 1.54) is 9.40 Å². The van der Waals surface area contributed by atoms with E-state index in [0.717, 1.165) is 65.1 Å². The third-order valence-electron chi connectivity index (χ3n) is 9.52. The highest BCUT2D eigenvalue weighted by atomic mass is 32.1. The molecule has 51 heavy (non-hydrogen) atoms. The van der Waals surface area contributed by atoms with Crippen LogP contribution in [0.25, 0.3) is 109 Å². The zero-order valence-electron chi connectivity index (χ0n) is 26.8. The standard InChI is InChI=1S/C43H23N7S/c1-3-7-24(8-4-1)38-45-40-26-11-12-30-23-44-35-16-13-27(20-32(35)31(30)19-26)41-46-39(25-9-5-2-6-10-25)48-43(50-41)29-15-18-37-34(22-29)33-21-28(42(47-38)49-40)14-17-36(33)51-37/h1-23H. The van der Waals surface area contributed by atoms with Gasteiger partial charge in [-0.1, -0.05) is 72.8 Å². The van der Waals surface area contributed by atoms with Crippen molar-refractivity contribution in [1.29, 1.82) is 0 Å². The van der Waals surface area contributed by atoms with Gasteiger partial charge < -0.3 is 0 Å². The Morgan fingerprint density at radius 3 is 1.31 bits per heavy atom. The fraction of sp³-hybridized carbons (Fsp3) is 0. The van der Waals surface area contributed by atoms with Crippen LogP contribution in [0.2, 0.25) is 0 Å². The van der Waals surface area contributed by atoms with Gasteiger partial charge in [-0.3, -0.25) is 4.98 Å². The van der Waals surface area contributed by atoms with Crippen molar-refractivity contribution in [2.75, 3.05) is 0 Å². The van der Waals surface area contributed by atoms with Gasteiger partial charge in [0, 0.05) is 69.8 Å². The first-order valence-corrected chi connectivity index (χ1v) is 17.5. The largest absolute Gasteiger partial charge is 0.256 e. The van der Waals surface area contributed by atoms with E-state index in [9.17, 15) is 0 Å². The average Bonchev–Trinajstić information content (AvgIpc) is 3.57. The Hall–Kier alpha value is -6.77. The minimum absolute atomic E-state index is 0.599. The summed E-state index contributed by atoms with van der Waals surface area (Å²) in [5.74, 6) is 1.25. The highest BCUT2D eigenvalue weighted by Crippen LogP contribution is 2.37. The summed E-state index contributed by atoms with van der Waals surface area (Å²) in [7, 11) is 0. The van der Waals surface area contributed by atoms with Gasteiger partial charge in [0.05, 0.1) is 5.52 Å². The Morgan fingerprint density at radius 2 is 0.784 bits per heavy atom. The van der Waals surface area contributed by atoms with Gasteiger partial charge in [0.25, 0.3) is 0 Å². The molecule has 0 spiro atoms. The molecule has 0 unspecified atom stereocenters. The van der Waals surface area contributed by atoms with Crippen LogP contribution in [-0.4, -0.2) is 34.9 Å². The number of pyridine rings is 1. The molecule has 5 aromatic heterocycles. The van der Waals surface area contributed by atoms with Crippen LogP contribution in [0.3, 0.4) is 0 Å². The van der Waals surface area contributed by atoms with Gasteiger partial charge >= 0.3 is 0 Å². The van der Waals surface area contributed by atoms with Crippen molar-refractivity contribution in [1.82, 2.24) is 34.9 Å². The van der Waals surface area contributed by atoms with E-state index in [1.807, 2.05) is 79.0 Å². The second-order valence-corrected chi connectivity index (χ2v) is 13.7. The van der Waals surface area contributed by atoms with Crippen LogP contribution in [0.1, 0.15) is 0 Å². The maximum Gasteiger partial charge on any atom is 0.164 e. The normalized spacial score (nSPS) is 11.9. The zero-order valence-corrected chi connectivity index (χ0v) is 27.6. The van der Waals surface area contributed by atoms with E-state index >= 15 is 0 Å². The summed E-state index contributed by atoms with van der Waals surface area (Å²) in [6.07, 6.45) is 1.92. The van der Waals surface area contributed by atoms with Gasteiger partial charge in [-0.25, -0.2) is 29.9 Å².